The maximum absolute atomic E-state index is 12.9. The van der Waals surface area contributed by atoms with Gasteiger partial charge in [-0.25, -0.2) is 9.78 Å². The summed E-state index contributed by atoms with van der Waals surface area (Å²) in [6, 6.07) is 12.9. The number of carbonyl (C=O) groups is 3. The smallest absolute Gasteiger partial charge is 0.354 e. The third-order valence-corrected chi connectivity index (χ3v) is 4.50. The van der Waals surface area contributed by atoms with Gasteiger partial charge in [-0.3, -0.25) is 9.59 Å². The molecule has 2 heterocycles. The number of amides is 2. The highest BCUT2D eigenvalue weighted by Gasteiger charge is 2.28. The Bertz CT molecular complexity index is 832. The van der Waals surface area contributed by atoms with Gasteiger partial charge in [-0.1, -0.05) is 36.4 Å². The van der Waals surface area contributed by atoms with Crippen LogP contribution in [0.1, 0.15) is 39.4 Å². The minimum Gasteiger partial charge on any atom is -0.477 e. The molecule has 1 saturated heterocycles. The van der Waals surface area contributed by atoms with Crippen LogP contribution in [0.4, 0.5) is 0 Å². The van der Waals surface area contributed by atoms with Crippen LogP contribution in [0.3, 0.4) is 0 Å². The summed E-state index contributed by atoms with van der Waals surface area (Å²) in [5.74, 6) is -1.90. The summed E-state index contributed by atoms with van der Waals surface area (Å²) >= 11 is 0. The van der Waals surface area contributed by atoms with Crippen LogP contribution in [0, 0.1) is 0 Å². The highest BCUT2D eigenvalue weighted by atomic mass is 16.4. The molecule has 7 heteroatoms. The van der Waals surface area contributed by atoms with Crippen molar-refractivity contribution in [2.24, 2.45) is 0 Å². The minimum atomic E-state index is -1.21. The Hall–Kier alpha value is -3.22. The van der Waals surface area contributed by atoms with E-state index in [1.54, 1.807) is 4.90 Å². The maximum atomic E-state index is 12.9. The molecule has 0 bridgehead atoms. The number of carbonyl (C=O) groups excluding carboxylic acids is 2. The Labute approximate surface area is 157 Å². The van der Waals surface area contributed by atoms with Gasteiger partial charge >= 0.3 is 5.97 Å². The standard InChI is InChI=1S/C20H21N3O4/c24-18(15-9-6-10-16(21-15)20(26)27)22-17(13-14-7-2-1-3-8-14)19(25)23-11-4-5-12-23/h1-3,6-10,17H,4-5,11-13H2,(H,22,24)(H,26,27). The van der Waals surface area contributed by atoms with Crippen molar-refractivity contribution < 1.29 is 19.5 Å². The lowest BCUT2D eigenvalue weighted by Gasteiger charge is -2.24. The zero-order valence-electron chi connectivity index (χ0n) is 14.8. The molecule has 0 aliphatic carbocycles. The number of nitrogens with one attached hydrogen (secondary N) is 1. The summed E-state index contributed by atoms with van der Waals surface area (Å²) in [7, 11) is 0. The molecular formula is C20H21N3O4. The predicted molar refractivity (Wildman–Crippen MR) is 98.4 cm³/mol. The van der Waals surface area contributed by atoms with Crippen molar-refractivity contribution in [2.75, 3.05) is 13.1 Å². The normalized spacial score (nSPS) is 14.6. The van der Waals surface area contributed by atoms with Crippen molar-refractivity contribution in [1.29, 1.82) is 0 Å². The number of likely N-dealkylation sites (tertiary alicyclic amines) is 1. The molecule has 1 atom stereocenters. The van der Waals surface area contributed by atoms with Crippen molar-refractivity contribution >= 4 is 17.8 Å². The second kappa shape index (κ2) is 8.44. The highest BCUT2D eigenvalue weighted by molar-refractivity contribution is 5.97. The highest BCUT2D eigenvalue weighted by Crippen LogP contribution is 2.13. The lowest BCUT2D eigenvalue weighted by molar-refractivity contribution is -0.132. The monoisotopic (exact) mass is 367 g/mol. The molecule has 27 heavy (non-hydrogen) atoms. The van der Waals surface area contributed by atoms with E-state index in [4.69, 9.17) is 5.11 Å². The summed E-state index contributed by atoms with van der Waals surface area (Å²) in [5, 5.41) is 11.8. The first-order valence-corrected chi connectivity index (χ1v) is 8.88. The molecule has 7 nitrogen and oxygen atoms in total. The fourth-order valence-corrected chi connectivity index (χ4v) is 3.12. The van der Waals surface area contributed by atoms with Gasteiger partial charge in [-0.05, 0) is 30.5 Å². The number of rotatable bonds is 6. The van der Waals surface area contributed by atoms with Gasteiger partial charge in [0.25, 0.3) is 5.91 Å². The van der Waals surface area contributed by atoms with Crippen LogP contribution in [0.15, 0.2) is 48.5 Å². The second-order valence-corrected chi connectivity index (χ2v) is 6.46. The summed E-state index contributed by atoms with van der Waals surface area (Å²) in [6.07, 6.45) is 2.28. The van der Waals surface area contributed by atoms with Crippen molar-refractivity contribution in [2.45, 2.75) is 25.3 Å². The number of carboxylic acids is 1. The van der Waals surface area contributed by atoms with Gasteiger partial charge in [-0.2, -0.15) is 0 Å². The van der Waals surface area contributed by atoms with Crippen molar-refractivity contribution in [3.8, 4) is 0 Å². The first-order chi connectivity index (χ1) is 13.0. The van der Waals surface area contributed by atoms with Gasteiger partial charge < -0.3 is 15.3 Å². The number of nitrogens with zero attached hydrogens (tertiary/aromatic N) is 2. The molecule has 140 valence electrons. The largest absolute Gasteiger partial charge is 0.477 e. The summed E-state index contributed by atoms with van der Waals surface area (Å²) < 4.78 is 0. The summed E-state index contributed by atoms with van der Waals surface area (Å²) in [6.45, 7) is 1.37. The van der Waals surface area contributed by atoms with Crippen LogP contribution in [-0.2, 0) is 11.2 Å². The zero-order valence-corrected chi connectivity index (χ0v) is 14.8. The quantitative estimate of drug-likeness (QED) is 0.810. The van der Waals surface area contributed by atoms with Crippen LogP contribution in [0.25, 0.3) is 0 Å². The molecule has 2 N–H and O–H groups in total. The van der Waals surface area contributed by atoms with Gasteiger partial charge in [0, 0.05) is 19.5 Å². The van der Waals surface area contributed by atoms with E-state index in [0.717, 1.165) is 18.4 Å². The van der Waals surface area contributed by atoms with E-state index >= 15 is 0 Å². The third kappa shape index (κ3) is 4.69. The molecule has 3 rings (SSSR count). The number of aromatic nitrogens is 1. The van der Waals surface area contributed by atoms with E-state index < -0.39 is 17.9 Å². The molecule has 0 spiro atoms. The van der Waals surface area contributed by atoms with Gasteiger partial charge in [-0.15, -0.1) is 0 Å². The molecule has 1 aromatic heterocycles. The number of carboxylic acid groups (broad SMARTS) is 1. The molecule has 2 aromatic rings. The fourth-order valence-electron chi connectivity index (χ4n) is 3.12. The molecule has 0 radical (unpaired) electrons. The average Bonchev–Trinajstić information content (AvgIpc) is 3.22. The van der Waals surface area contributed by atoms with Crippen molar-refractivity contribution in [3.63, 3.8) is 0 Å². The second-order valence-electron chi connectivity index (χ2n) is 6.46. The molecule has 1 unspecified atom stereocenters. The van der Waals surface area contributed by atoms with Crippen molar-refractivity contribution in [3.05, 3.63) is 65.5 Å². The lowest BCUT2D eigenvalue weighted by Crippen LogP contribution is -2.49. The van der Waals surface area contributed by atoms with E-state index in [1.807, 2.05) is 30.3 Å². The van der Waals surface area contributed by atoms with Gasteiger partial charge in [0.15, 0.2) is 0 Å². The molecule has 2 amide bonds. The number of hydrogen-bond donors (Lipinski definition) is 2. The first-order valence-electron chi connectivity index (χ1n) is 8.88. The maximum Gasteiger partial charge on any atom is 0.354 e. The van der Waals surface area contributed by atoms with Crippen molar-refractivity contribution in [1.82, 2.24) is 15.2 Å². The molecular weight excluding hydrogens is 346 g/mol. The topological polar surface area (TPSA) is 99.6 Å². The van der Waals surface area contributed by atoms with E-state index in [1.165, 1.54) is 18.2 Å². The number of aromatic carboxylic acids is 1. The molecule has 1 aromatic carbocycles. The van der Waals surface area contributed by atoms with Crippen LogP contribution >= 0.6 is 0 Å². The minimum absolute atomic E-state index is 0.0258. The van der Waals surface area contributed by atoms with E-state index in [-0.39, 0.29) is 17.3 Å². The molecule has 0 saturated carbocycles. The van der Waals surface area contributed by atoms with Crippen LogP contribution in [-0.4, -0.2) is 51.9 Å². The van der Waals surface area contributed by atoms with E-state index in [9.17, 15) is 14.4 Å². The average molecular weight is 367 g/mol. The van der Waals surface area contributed by atoms with E-state index in [2.05, 4.69) is 10.3 Å². The lowest BCUT2D eigenvalue weighted by atomic mass is 10.0. The zero-order chi connectivity index (χ0) is 19.2. The SMILES string of the molecule is O=C(O)c1cccc(C(=O)NC(Cc2ccccc2)C(=O)N2CCCC2)n1. The van der Waals surface area contributed by atoms with Gasteiger partial charge in [0.05, 0.1) is 0 Å². The van der Waals surface area contributed by atoms with Gasteiger partial charge in [0.2, 0.25) is 5.91 Å². The third-order valence-electron chi connectivity index (χ3n) is 4.50. The predicted octanol–water partition coefficient (Wildman–Crippen LogP) is 1.74. The number of hydrogen-bond acceptors (Lipinski definition) is 4. The van der Waals surface area contributed by atoms with Crippen LogP contribution < -0.4 is 5.32 Å². The van der Waals surface area contributed by atoms with E-state index in [0.29, 0.717) is 19.5 Å². The summed E-state index contributed by atoms with van der Waals surface area (Å²) in [5.41, 5.74) is 0.693. The summed E-state index contributed by atoms with van der Waals surface area (Å²) in [4.78, 5) is 42.2. The van der Waals surface area contributed by atoms with Crippen LogP contribution in [0.5, 0.6) is 0 Å². The molecule has 1 aliphatic heterocycles. The Morgan fingerprint density at radius 2 is 1.67 bits per heavy atom. The molecule has 1 aliphatic rings. The Balaban J connectivity index is 1.79. The van der Waals surface area contributed by atoms with Crippen LogP contribution in [0.2, 0.25) is 0 Å². The van der Waals surface area contributed by atoms with Gasteiger partial charge in [0.1, 0.15) is 17.4 Å². The Kier molecular flexibility index (Phi) is 5.80. The fraction of sp³-hybridized carbons (Fsp3) is 0.300. The number of benzene rings is 1. The first kappa shape index (κ1) is 18.6. The Morgan fingerprint density at radius 3 is 2.33 bits per heavy atom. The number of pyridine rings is 1. The molecule has 1 fully saturated rings. The Morgan fingerprint density at radius 1 is 1.00 bits per heavy atom.